The fourth-order valence-electron chi connectivity index (χ4n) is 1.88. The molecule has 1 saturated heterocycles. The van der Waals surface area contributed by atoms with Crippen LogP contribution in [-0.2, 0) is 4.74 Å². The number of rotatable bonds is 6. The molecule has 2 heterocycles. The minimum atomic E-state index is 0.243. The van der Waals surface area contributed by atoms with Gasteiger partial charge in [0.25, 0.3) is 0 Å². The van der Waals surface area contributed by atoms with Crippen molar-refractivity contribution in [2.24, 2.45) is 0 Å². The van der Waals surface area contributed by atoms with Crippen LogP contribution in [0, 0.1) is 0 Å². The Kier molecular flexibility index (Phi) is 5.31. The lowest BCUT2D eigenvalue weighted by Gasteiger charge is -2.26. The maximum atomic E-state index is 5.75. The number of nitrogens with two attached hydrogens (primary N) is 1. The Labute approximate surface area is 119 Å². The molecule has 1 aromatic rings. The van der Waals surface area contributed by atoms with Crippen LogP contribution in [-0.4, -0.2) is 72.8 Å². The largest absolute Gasteiger partial charge is 0.378 e. The Morgan fingerprint density at radius 2 is 2.05 bits per heavy atom. The molecule has 1 aliphatic heterocycles. The second kappa shape index (κ2) is 7.20. The van der Waals surface area contributed by atoms with Gasteiger partial charge in [-0.15, -0.1) is 0 Å². The molecule has 0 bridgehead atoms. The summed E-state index contributed by atoms with van der Waals surface area (Å²) in [4.78, 5) is 17.0. The van der Waals surface area contributed by atoms with E-state index in [0.717, 1.165) is 32.7 Å². The van der Waals surface area contributed by atoms with Gasteiger partial charge in [-0.1, -0.05) is 6.92 Å². The molecule has 8 nitrogen and oxygen atoms in total. The van der Waals surface area contributed by atoms with Crippen LogP contribution in [0.4, 0.5) is 17.8 Å². The van der Waals surface area contributed by atoms with Crippen molar-refractivity contribution in [3.05, 3.63) is 0 Å². The van der Waals surface area contributed by atoms with Crippen molar-refractivity contribution in [2.45, 2.75) is 6.92 Å². The normalized spacial score (nSPS) is 15.7. The first kappa shape index (κ1) is 14.7. The number of morpholine rings is 1. The van der Waals surface area contributed by atoms with Gasteiger partial charge in [0.05, 0.1) is 13.2 Å². The molecule has 3 N–H and O–H groups in total. The minimum absolute atomic E-state index is 0.243. The van der Waals surface area contributed by atoms with Crippen LogP contribution in [0.1, 0.15) is 6.92 Å². The first-order chi connectivity index (χ1) is 9.69. The molecule has 1 fully saturated rings. The van der Waals surface area contributed by atoms with Crippen molar-refractivity contribution < 1.29 is 4.74 Å². The molecule has 1 aromatic heterocycles. The van der Waals surface area contributed by atoms with Crippen molar-refractivity contribution >= 4 is 17.8 Å². The molecule has 0 aromatic carbocycles. The monoisotopic (exact) mass is 281 g/mol. The number of nitrogens with zero attached hydrogens (tertiary/aromatic N) is 5. The second-order valence-electron chi connectivity index (χ2n) is 4.74. The van der Waals surface area contributed by atoms with Crippen LogP contribution in [0.2, 0.25) is 0 Å². The van der Waals surface area contributed by atoms with Gasteiger partial charge in [-0.05, 0) is 13.6 Å². The molecule has 0 unspecified atom stereocenters. The van der Waals surface area contributed by atoms with Crippen LogP contribution >= 0.6 is 0 Å². The van der Waals surface area contributed by atoms with Gasteiger partial charge in [0.2, 0.25) is 17.8 Å². The first-order valence-electron chi connectivity index (χ1n) is 6.95. The van der Waals surface area contributed by atoms with Gasteiger partial charge in [0, 0.05) is 26.2 Å². The Bertz CT molecular complexity index is 422. The van der Waals surface area contributed by atoms with E-state index in [1.165, 1.54) is 0 Å². The van der Waals surface area contributed by atoms with Gasteiger partial charge in [-0.2, -0.15) is 15.0 Å². The minimum Gasteiger partial charge on any atom is -0.378 e. The molecule has 0 atom stereocenters. The highest BCUT2D eigenvalue weighted by Gasteiger charge is 2.15. The van der Waals surface area contributed by atoms with Crippen LogP contribution in [0.25, 0.3) is 0 Å². The maximum Gasteiger partial charge on any atom is 0.232 e. The molecule has 20 heavy (non-hydrogen) atoms. The number of nitrogens with one attached hydrogen (secondary N) is 1. The highest BCUT2D eigenvalue weighted by molar-refractivity contribution is 5.42. The van der Waals surface area contributed by atoms with E-state index in [2.05, 4.69) is 44.0 Å². The third-order valence-electron chi connectivity index (χ3n) is 3.25. The Balaban J connectivity index is 1.97. The molecule has 0 spiro atoms. The molecule has 0 amide bonds. The quantitative estimate of drug-likeness (QED) is 0.731. The van der Waals surface area contributed by atoms with Gasteiger partial charge in [0.1, 0.15) is 0 Å². The molecule has 112 valence electrons. The van der Waals surface area contributed by atoms with Gasteiger partial charge in [-0.25, -0.2) is 0 Å². The maximum absolute atomic E-state index is 5.75. The summed E-state index contributed by atoms with van der Waals surface area (Å²) in [7, 11) is 2.07. The molecule has 1 aliphatic rings. The Hall–Kier alpha value is -1.67. The van der Waals surface area contributed by atoms with Crippen molar-refractivity contribution in [3.8, 4) is 0 Å². The Morgan fingerprint density at radius 1 is 1.30 bits per heavy atom. The van der Waals surface area contributed by atoms with E-state index < -0.39 is 0 Å². The lowest BCUT2D eigenvalue weighted by atomic mass is 10.4. The smallest absolute Gasteiger partial charge is 0.232 e. The van der Waals surface area contributed by atoms with Gasteiger partial charge < -0.3 is 25.6 Å². The number of aromatic nitrogens is 3. The number of hydrogen-bond acceptors (Lipinski definition) is 8. The van der Waals surface area contributed by atoms with E-state index >= 15 is 0 Å². The van der Waals surface area contributed by atoms with Crippen molar-refractivity contribution in [3.63, 3.8) is 0 Å². The summed E-state index contributed by atoms with van der Waals surface area (Å²) in [5, 5.41) is 3.19. The summed E-state index contributed by atoms with van der Waals surface area (Å²) in [6.45, 7) is 7.77. The Morgan fingerprint density at radius 3 is 2.75 bits per heavy atom. The van der Waals surface area contributed by atoms with Gasteiger partial charge in [-0.3, -0.25) is 0 Å². The molecule has 8 heteroatoms. The van der Waals surface area contributed by atoms with E-state index in [4.69, 9.17) is 10.5 Å². The van der Waals surface area contributed by atoms with E-state index in [0.29, 0.717) is 25.1 Å². The van der Waals surface area contributed by atoms with Crippen molar-refractivity contribution in [1.29, 1.82) is 0 Å². The average molecular weight is 281 g/mol. The van der Waals surface area contributed by atoms with E-state index in [9.17, 15) is 0 Å². The first-order valence-corrected chi connectivity index (χ1v) is 6.95. The average Bonchev–Trinajstić information content (AvgIpc) is 2.47. The topological polar surface area (TPSA) is 92.4 Å². The fraction of sp³-hybridized carbons (Fsp3) is 0.750. The molecule has 0 aliphatic carbocycles. The summed E-state index contributed by atoms with van der Waals surface area (Å²) in [5.74, 6) is 1.39. The summed E-state index contributed by atoms with van der Waals surface area (Å²) in [5.41, 5.74) is 5.75. The zero-order valence-corrected chi connectivity index (χ0v) is 12.2. The standard InChI is InChI=1S/C12H23N7O/c1-3-18(2)5-4-14-11-15-10(13)16-12(17-11)19-6-8-20-9-7-19/h3-9H2,1-2H3,(H3,13,14,15,16,17). The summed E-state index contributed by atoms with van der Waals surface area (Å²) in [6.07, 6.45) is 0. The summed E-state index contributed by atoms with van der Waals surface area (Å²) < 4.78 is 5.32. The number of hydrogen-bond donors (Lipinski definition) is 2. The van der Waals surface area contributed by atoms with E-state index in [1.807, 2.05) is 0 Å². The lowest BCUT2D eigenvalue weighted by Crippen LogP contribution is -2.37. The van der Waals surface area contributed by atoms with Crippen LogP contribution in [0.3, 0.4) is 0 Å². The zero-order chi connectivity index (χ0) is 14.4. The summed E-state index contributed by atoms with van der Waals surface area (Å²) >= 11 is 0. The van der Waals surface area contributed by atoms with Crippen molar-refractivity contribution in [2.75, 3.05) is 68.9 Å². The molecule has 0 radical (unpaired) electrons. The lowest BCUT2D eigenvalue weighted by molar-refractivity contribution is 0.122. The molecule has 2 rings (SSSR count). The van der Waals surface area contributed by atoms with Crippen LogP contribution in [0.15, 0.2) is 0 Å². The van der Waals surface area contributed by atoms with Crippen LogP contribution in [0.5, 0.6) is 0 Å². The molecule has 0 saturated carbocycles. The highest BCUT2D eigenvalue weighted by Crippen LogP contribution is 2.13. The second-order valence-corrected chi connectivity index (χ2v) is 4.74. The zero-order valence-electron chi connectivity index (χ0n) is 12.2. The number of nitrogen functional groups attached to an aromatic ring is 1. The van der Waals surface area contributed by atoms with Crippen molar-refractivity contribution in [1.82, 2.24) is 19.9 Å². The van der Waals surface area contributed by atoms with Crippen LogP contribution < -0.4 is 16.0 Å². The summed E-state index contributed by atoms with van der Waals surface area (Å²) in [6, 6.07) is 0. The van der Waals surface area contributed by atoms with Gasteiger partial charge in [0.15, 0.2) is 0 Å². The third-order valence-corrected chi connectivity index (χ3v) is 3.25. The van der Waals surface area contributed by atoms with E-state index in [-0.39, 0.29) is 5.95 Å². The molecular formula is C12H23N7O. The fourth-order valence-corrected chi connectivity index (χ4v) is 1.88. The highest BCUT2D eigenvalue weighted by atomic mass is 16.5. The van der Waals surface area contributed by atoms with Gasteiger partial charge >= 0.3 is 0 Å². The molecular weight excluding hydrogens is 258 g/mol. The predicted molar refractivity (Wildman–Crippen MR) is 78.9 cm³/mol. The van der Waals surface area contributed by atoms with E-state index in [1.54, 1.807) is 0 Å². The SMILES string of the molecule is CCN(C)CCNc1nc(N)nc(N2CCOCC2)n1. The predicted octanol–water partition coefficient (Wildman–Crippen LogP) is -0.346. The number of anilines is 3. The number of likely N-dealkylation sites (N-methyl/N-ethyl adjacent to an activating group) is 1. The number of ether oxygens (including phenoxy) is 1. The third kappa shape index (κ3) is 4.17.